The maximum atomic E-state index is 12.0. The van der Waals surface area contributed by atoms with Crippen LogP contribution in [0.4, 0.5) is 5.13 Å². The zero-order valence-electron chi connectivity index (χ0n) is 13.6. The number of carbonyl (C=O) groups excluding carboxylic acids is 1. The zero-order valence-corrected chi connectivity index (χ0v) is 16.0. The van der Waals surface area contributed by atoms with Crippen molar-refractivity contribution in [1.82, 2.24) is 19.7 Å². The van der Waals surface area contributed by atoms with E-state index >= 15 is 0 Å². The smallest absolute Gasteiger partial charge is 0.236 e. The number of hydrogen-bond acceptors (Lipinski definition) is 7. The molecule has 0 atom stereocenters. The van der Waals surface area contributed by atoms with Crippen LogP contribution in [0.3, 0.4) is 0 Å². The predicted octanol–water partition coefficient (Wildman–Crippen LogP) is 3.83. The number of rotatable bonds is 6. The molecular formula is C15H17N5OS3. The number of thioether (sulfide) groups is 1. The summed E-state index contributed by atoms with van der Waals surface area (Å²) in [6.45, 7) is 7.02. The summed E-state index contributed by atoms with van der Waals surface area (Å²) in [5.41, 5.74) is 2.35. The molecule has 0 radical (unpaired) electrons. The maximum absolute atomic E-state index is 12.0. The summed E-state index contributed by atoms with van der Waals surface area (Å²) in [6, 6.07) is 0. The summed E-state index contributed by atoms with van der Waals surface area (Å²) in [5, 5.41) is 16.7. The van der Waals surface area contributed by atoms with E-state index in [0.29, 0.717) is 5.13 Å². The highest BCUT2D eigenvalue weighted by Crippen LogP contribution is 2.31. The second-order valence-electron chi connectivity index (χ2n) is 5.06. The van der Waals surface area contributed by atoms with Gasteiger partial charge in [-0.3, -0.25) is 4.79 Å². The number of aromatic nitrogens is 4. The molecule has 3 aromatic rings. The van der Waals surface area contributed by atoms with E-state index in [0.717, 1.165) is 23.1 Å². The molecular weight excluding hydrogens is 362 g/mol. The van der Waals surface area contributed by atoms with Crippen molar-refractivity contribution in [3.8, 4) is 11.4 Å². The highest BCUT2D eigenvalue weighted by atomic mass is 32.2. The fraction of sp³-hybridized carbons (Fsp3) is 0.333. The molecule has 0 aliphatic carbocycles. The van der Waals surface area contributed by atoms with Gasteiger partial charge in [0.1, 0.15) is 0 Å². The summed E-state index contributed by atoms with van der Waals surface area (Å²) >= 11 is 4.51. The number of amides is 1. The van der Waals surface area contributed by atoms with Crippen LogP contribution in [0.2, 0.25) is 0 Å². The van der Waals surface area contributed by atoms with Crippen molar-refractivity contribution in [3.05, 3.63) is 27.4 Å². The molecule has 0 saturated heterocycles. The largest absolute Gasteiger partial charge is 0.302 e. The van der Waals surface area contributed by atoms with Crippen LogP contribution in [-0.2, 0) is 11.3 Å². The van der Waals surface area contributed by atoms with Crippen LogP contribution in [-0.4, -0.2) is 31.4 Å². The monoisotopic (exact) mass is 379 g/mol. The van der Waals surface area contributed by atoms with Crippen molar-refractivity contribution in [2.75, 3.05) is 11.1 Å². The molecule has 0 bridgehead atoms. The van der Waals surface area contributed by atoms with Gasteiger partial charge in [-0.25, -0.2) is 4.98 Å². The molecule has 0 spiro atoms. The number of nitrogens with zero attached hydrogens (tertiary/aromatic N) is 4. The van der Waals surface area contributed by atoms with E-state index in [4.69, 9.17) is 0 Å². The molecule has 6 nitrogen and oxygen atoms in total. The Bertz CT molecular complexity index is 838. The zero-order chi connectivity index (χ0) is 17.1. The molecule has 3 heterocycles. The third-order valence-electron chi connectivity index (χ3n) is 3.57. The lowest BCUT2D eigenvalue weighted by atomic mass is 10.1. The topological polar surface area (TPSA) is 72.7 Å². The van der Waals surface area contributed by atoms with Crippen LogP contribution >= 0.6 is 34.4 Å². The summed E-state index contributed by atoms with van der Waals surface area (Å²) in [6.07, 6.45) is 1.67. The van der Waals surface area contributed by atoms with Gasteiger partial charge in [-0.05, 0) is 26.3 Å². The Balaban J connectivity index is 1.72. The minimum Gasteiger partial charge on any atom is -0.302 e. The van der Waals surface area contributed by atoms with E-state index in [1.165, 1.54) is 33.5 Å². The number of carbonyl (C=O) groups is 1. The molecule has 1 amide bonds. The first-order valence-electron chi connectivity index (χ1n) is 7.40. The Morgan fingerprint density at radius 2 is 2.17 bits per heavy atom. The first-order valence-corrected chi connectivity index (χ1v) is 10.1. The molecule has 0 aliphatic heterocycles. The first kappa shape index (κ1) is 17.1. The molecule has 0 saturated carbocycles. The lowest BCUT2D eigenvalue weighted by molar-refractivity contribution is -0.113. The number of nitrogens with one attached hydrogen (secondary N) is 1. The van der Waals surface area contributed by atoms with Crippen molar-refractivity contribution < 1.29 is 4.79 Å². The van der Waals surface area contributed by atoms with Gasteiger partial charge >= 0.3 is 0 Å². The number of thiophene rings is 1. The molecule has 0 aromatic carbocycles. The van der Waals surface area contributed by atoms with Crippen LogP contribution in [0.15, 0.2) is 22.1 Å². The standard InChI is InChI=1S/C15H17N5OS3/c1-4-20-13(11-7-23-10(3)9(11)2)18-19-15(20)24-8-12(21)17-14-16-5-6-22-14/h5-7H,4,8H2,1-3H3,(H,16,17,21). The summed E-state index contributed by atoms with van der Waals surface area (Å²) in [5.74, 6) is 1.05. The molecule has 9 heteroatoms. The lowest BCUT2D eigenvalue weighted by Crippen LogP contribution is -2.14. The maximum Gasteiger partial charge on any atom is 0.236 e. The van der Waals surface area contributed by atoms with E-state index in [2.05, 4.69) is 51.2 Å². The number of anilines is 1. The molecule has 0 fully saturated rings. The van der Waals surface area contributed by atoms with E-state index in [-0.39, 0.29) is 11.7 Å². The van der Waals surface area contributed by atoms with Gasteiger partial charge in [-0.1, -0.05) is 11.8 Å². The first-order chi connectivity index (χ1) is 11.6. The van der Waals surface area contributed by atoms with E-state index in [9.17, 15) is 4.79 Å². The highest BCUT2D eigenvalue weighted by Gasteiger charge is 2.17. The minimum absolute atomic E-state index is 0.0929. The van der Waals surface area contributed by atoms with E-state index in [1.54, 1.807) is 17.5 Å². The van der Waals surface area contributed by atoms with E-state index in [1.807, 2.05) is 5.38 Å². The summed E-state index contributed by atoms with van der Waals surface area (Å²) < 4.78 is 2.05. The number of thiazole rings is 1. The Kier molecular flexibility index (Phi) is 5.32. The molecule has 126 valence electrons. The molecule has 0 aliphatic rings. The number of hydrogen-bond donors (Lipinski definition) is 1. The van der Waals surface area contributed by atoms with Crippen molar-refractivity contribution in [1.29, 1.82) is 0 Å². The predicted molar refractivity (Wildman–Crippen MR) is 100.0 cm³/mol. The van der Waals surface area contributed by atoms with Gasteiger partial charge in [0.15, 0.2) is 16.1 Å². The molecule has 0 unspecified atom stereocenters. The summed E-state index contributed by atoms with van der Waals surface area (Å²) in [4.78, 5) is 17.3. The minimum atomic E-state index is -0.0929. The average Bonchev–Trinajstić information content (AvgIpc) is 3.28. The van der Waals surface area contributed by atoms with Crippen molar-refractivity contribution in [2.45, 2.75) is 32.5 Å². The fourth-order valence-corrected chi connectivity index (χ4v) is 4.40. The second-order valence-corrected chi connectivity index (χ2v) is 7.98. The quantitative estimate of drug-likeness (QED) is 0.659. The van der Waals surface area contributed by atoms with Crippen molar-refractivity contribution in [2.24, 2.45) is 0 Å². The molecule has 3 rings (SSSR count). The Labute approximate surface area is 152 Å². The lowest BCUT2D eigenvalue weighted by Gasteiger charge is -2.07. The van der Waals surface area contributed by atoms with E-state index < -0.39 is 0 Å². The van der Waals surface area contributed by atoms with Gasteiger partial charge in [0, 0.05) is 33.9 Å². The molecule has 3 aromatic heterocycles. The van der Waals surface area contributed by atoms with Crippen LogP contribution in [0.25, 0.3) is 11.4 Å². The highest BCUT2D eigenvalue weighted by molar-refractivity contribution is 7.99. The van der Waals surface area contributed by atoms with Crippen LogP contribution in [0, 0.1) is 13.8 Å². The Morgan fingerprint density at radius 1 is 1.33 bits per heavy atom. The van der Waals surface area contributed by atoms with Gasteiger partial charge in [-0.2, -0.15) is 0 Å². The third-order valence-corrected chi connectivity index (χ3v) is 6.24. The van der Waals surface area contributed by atoms with Crippen LogP contribution in [0.1, 0.15) is 17.4 Å². The van der Waals surface area contributed by atoms with Gasteiger partial charge in [0.2, 0.25) is 5.91 Å². The SMILES string of the molecule is CCn1c(SCC(=O)Nc2nccs2)nnc1-c1csc(C)c1C. The normalized spacial score (nSPS) is 11.0. The van der Waals surface area contributed by atoms with Gasteiger partial charge in [-0.15, -0.1) is 32.9 Å². The third kappa shape index (κ3) is 3.52. The number of aryl methyl sites for hydroxylation is 1. The van der Waals surface area contributed by atoms with Gasteiger partial charge < -0.3 is 9.88 Å². The second kappa shape index (κ2) is 7.45. The molecule has 24 heavy (non-hydrogen) atoms. The van der Waals surface area contributed by atoms with Crippen molar-refractivity contribution in [3.63, 3.8) is 0 Å². The Hall–Kier alpha value is -1.71. The Morgan fingerprint density at radius 3 is 2.79 bits per heavy atom. The molecule has 1 N–H and O–H groups in total. The van der Waals surface area contributed by atoms with Crippen molar-refractivity contribution >= 4 is 45.5 Å². The fourth-order valence-electron chi connectivity index (χ4n) is 2.18. The van der Waals surface area contributed by atoms with Gasteiger partial charge in [0.05, 0.1) is 5.75 Å². The van der Waals surface area contributed by atoms with Gasteiger partial charge in [0.25, 0.3) is 0 Å². The van der Waals surface area contributed by atoms with Crippen LogP contribution in [0.5, 0.6) is 0 Å². The summed E-state index contributed by atoms with van der Waals surface area (Å²) in [7, 11) is 0. The average molecular weight is 380 g/mol. The van der Waals surface area contributed by atoms with Crippen LogP contribution < -0.4 is 5.32 Å².